The molecule has 0 saturated carbocycles. The number of benzene rings is 2. The van der Waals surface area contributed by atoms with Crippen molar-refractivity contribution in [2.75, 3.05) is 5.32 Å². The van der Waals surface area contributed by atoms with Gasteiger partial charge in [0.05, 0.1) is 29.2 Å². The van der Waals surface area contributed by atoms with Crippen LogP contribution in [0.2, 0.25) is 0 Å². The number of ether oxygens (including phenoxy) is 2. The van der Waals surface area contributed by atoms with E-state index in [1.165, 1.54) is 0 Å². The van der Waals surface area contributed by atoms with Crippen molar-refractivity contribution in [2.24, 2.45) is 0 Å². The molecule has 6 heteroatoms. The number of rotatable bonds is 7. The number of hydrogen-bond donors (Lipinski definition) is 1. The lowest BCUT2D eigenvalue weighted by molar-refractivity contribution is 0.0154. The maximum absolute atomic E-state index is 12.7. The second-order valence-electron chi connectivity index (χ2n) is 7.23. The molecule has 1 amide bonds. The summed E-state index contributed by atoms with van der Waals surface area (Å²) >= 11 is 2.25. The lowest BCUT2D eigenvalue weighted by Crippen LogP contribution is -2.16. The highest BCUT2D eigenvalue weighted by atomic mass is 127. The van der Waals surface area contributed by atoms with E-state index >= 15 is 0 Å². The number of pyridine rings is 1. The van der Waals surface area contributed by atoms with Gasteiger partial charge in [0, 0.05) is 9.26 Å². The minimum absolute atomic E-state index is 0.113. The molecule has 156 valence electrons. The average molecular weight is 516 g/mol. The minimum atomic E-state index is -0.199. The summed E-state index contributed by atoms with van der Waals surface area (Å²) in [6, 6.07) is 18.7. The van der Waals surface area contributed by atoms with Gasteiger partial charge in [0.2, 0.25) is 0 Å². The maximum Gasteiger partial charge on any atom is 0.257 e. The molecule has 1 unspecified atom stereocenters. The Bertz CT molecular complexity index is 1020. The minimum Gasteiger partial charge on any atom is -0.457 e. The van der Waals surface area contributed by atoms with Crippen LogP contribution in [-0.2, 0) is 4.74 Å². The predicted octanol–water partition coefficient (Wildman–Crippen LogP) is 6.53. The molecule has 0 aliphatic rings. The first-order chi connectivity index (χ1) is 14.3. The number of anilines is 1. The molecule has 3 aromatic rings. The summed E-state index contributed by atoms with van der Waals surface area (Å²) in [5, 5.41) is 2.91. The molecule has 0 fully saturated rings. The second kappa shape index (κ2) is 10.0. The number of halogens is 1. The van der Waals surface area contributed by atoms with E-state index in [-0.39, 0.29) is 18.1 Å². The van der Waals surface area contributed by atoms with Crippen molar-refractivity contribution in [1.82, 2.24) is 4.98 Å². The monoisotopic (exact) mass is 516 g/mol. The summed E-state index contributed by atoms with van der Waals surface area (Å²) in [7, 11) is 0. The number of nitrogens with zero attached hydrogens (tertiary/aromatic N) is 1. The summed E-state index contributed by atoms with van der Waals surface area (Å²) in [4.78, 5) is 17.2. The smallest absolute Gasteiger partial charge is 0.257 e. The van der Waals surface area contributed by atoms with Crippen molar-refractivity contribution in [3.8, 4) is 11.5 Å². The third-order valence-corrected chi connectivity index (χ3v) is 5.06. The van der Waals surface area contributed by atoms with Crippen molar-refractivity contribution in [2.45, 2.75) is 39.9 Å². The highest BCUT2D eigenvalue weighted by Gasteiger charge is 2.15. The molecule has 0 radical (unpaired) electrons. The molecule has 30 heavy (non-hydrogen) atoms. The molecule has 3 rings (SSSR count). The molecule has 1 atom stereocenters. The van der Waals surface area contributed by atoms with E-state index in [0.717, 1.165) is 15.0 Å². The molecule has 1 aromatic heterocycles. The van der Waals surface area contributed by atoms with Gasteiger partial charge in [-0.2, -0.15) is 0 Å². The van der Waals surface area contributed by atoms with E-state index in [0.29, 0.717) is 22.7 Å². The first-order valence-corrected chi connectivity index (χ1v) is 10.9. The number of aryl methyl sites for hydroxylation is 1. The van der Waals surface area contributed by atoms with E-state index in [4.69, 9.17) is 9.47 Å². The lowest BCUT2D eigenvalue weighted by Gasteiger charge is -2.17. The third-order valence-electron chi connectivity index (χ3n) is 4.39. The van der Waals surface area contributed by atoms with Crippen molar-refractivity contribution < 1.29 is 14.3 Å². The Balaban J connectivity index is 1.65. The van der Waals surface area contributed by atoms with Crippen LogP contribution in [0.1, 0.15) is 48.6 Å². The van der Waals surface area contributed by atoms with Crippen molar-refractivity contribution in [3.63, 3.8) is 0 Å². The highest BCUT2D eigenvalue weighted by molar-refractivity contribution is 14.1. The second-order valence-corrected chi connectivity index (χ2v) is 8.48. The van der Waals surface area contributed by atoms with Crippen LogP contribution in [-0.4, -0.2) is 17.0 Å². The Morgan fingerprint density at radius 2 is 1.73 bits per heavy atom. The summed E-state index contributed by atoms with van der Waals surface area (Å²) in [6.07, 6.45) is -0.0104. The Morgan fingerprint density at radius 3 is 2.37 bits per heavy atom. The van der Waals surface area contributed by atoms with Gasteiger partial charge in [-0.25, -0.2) is 0 Å². The van der Waals surface area contributed by atoms with E-state index < -0.39 is 0 Å². The van der Waals surface area contributed by atoms with Crippen LogP contribution in [0.5, 0.6) is 11.5 Å². The molecule has 0 saturated heterocycles. The van der Waals surface area contributed by atoms with Gasteiger partial charge in [-0.1, -0.05) is 6.07 Å². The fraction of sp³-hybridized carbons (Fsp3) is 0.250. The number of carbonyl (C=O) groups is 1. The van der Waals surface area contributed by atoms with Gasteiger partial charge in [0.15, 0.2) is 0 Å². The summed E-state index contributed by atoms with van der Waals surface area (Å²) in [5.74, 6) is 1.28. The molecule has 2 aromatic carbocycles. The molecule has 0 aliphatic carbocycles. The van der Waals surface area contributed by atoms with Gasteiger partial charge in [-0.05, 0) is 105 Å². The number of hydrogen-bond acceptors (Lipinski definition) is 4. The zero-order valence-corrected chi connectivity index (χ0v) is 19.6. The molecule has 0 aliphatic heterocycles. The largest absolute Gasteiger partial charge is 0.457 e. The van der Waals surface area contributed by atoms with Crippen molar-refractivity contribution in [3.05, 3.63) is 81.2 Å². The Kier molecular flexibility index (Phi) is 7.44. The molecule has 0 bridgehead atoms. The van der Waals surface area contributed by atoms with Crippen LogP contribution >= 0.6 is 22.6 Å². The van der Waals surface area contributed by atoms with E-state index in [1.54, 1.807) is 6.07 Å². The number of carbonyl (C=O) groups excluding carboxylic acids is 1. The summed E-state index contributed by atoms with van der Waals surface area (Å²) in [5.41, 5.74) is 2.71. The first-order valence-electron chi connectivity index (χ1n) is 9.79. The predicted molar refractivity (Wildman–Crippen MR) is 127 cm³/mol. The topological polar surface area (TPSA) is 60.5 Å². The van der Waals surface area contributed by atoms with Gasteiger partial charge >= 0.3 is 0 Å². The summed E-state index contributed by atoms with van der Waals surface area (Å²) < 4.78 is 12.7. The van der Waals surface area contributed by atoms with Gasteiger partial charge < -0.3 is 14.8 Å². The van der Waals surface area contributed by atoms with Gasteiger partial charge in [-0.15, -0.1) is 0 Å². The SMILES string of the molecule is Cc1nc(C(C)OC(C)C)ccc1C(=O)Nc1ccc(Oc2cccc(I)c2)cc1. The fourth-order valence-electron chi connectivity index (χ4n) is 3.00. The van der Waals surface area contributed by atoms with Crippen molar-refractivity contribution >= 4 is 34.2 Å². The van der Waals surface area contributed by atoms with E-state index in [1.807, 2.05) is 82.3 Å². The number of amides is 1. The third kappa shape index (κ3) is 6.03. The van der Waals surface area contributed by atoms with Crippen LogP contribution in [0.3, 0.4) is 0 Å². The van der Waals surface area contributed by atoms with E-state index in [2.05, 4.69) is 32.9 Å². The normalized spacial score (nSPS) is 11.9. The van der Waals surface area contributed by atoms with Crippen LogP contribution in [0, 0.1) is 10.5 Å². The zero-order chi connectivity index (χ0) is 21.7. The quantitative estimate of drug-likeness (QED) is 0.363. The summed E-state index contributed by atoms with van der Waals surface area (Å²) in [6.45, 7) is 7.77. The zero-order valence-electron chi connectivity index (χ0n) is 17.5. The Morgan fingerprint density at radius 1 is 1.00 bits per heavy atom. The number of nitrogens with one attached hydrogen (secondary N) is 1. The molecule has 5 nitrogen and oxygen atoms in total. The molecular weight excluding hydrogens is 491 g/mol. The Hall–Kier alpha value is -2.45. The molecular formula is C24H25IN2O3. The van der Waals surface area contributed by atoms with Crippen LogP contribution < -0.4 is 10.1 Å². The van der Waals surface area contributed by atoms with Crippen LogP contribution in [0.25, 0.3) is 0 Å². The Labute approximate surface area is 191 Å². The van der Waals surface area contributed by atoms with Crippen molar-refractivity contribution in [1.29, 1.82) is 0 Å². The average Bonchev–Trinajstić information content (AvgIpc) is 2.69. The lowest BCUT2D eigenvalue weighted by atomic mass is 10.1. The molecule has 1 N–H and O–H groups in total. The van der Waals surface area contributed by atoms with Gasteiger partial charge in [0.1, 0.15) is 11.5 Å². The van der Waals surface area contributed by atoms with Crippen LogP contribution in [0.15, 0.2) is 60.7 Å². The highest BCUT2D eigenvalue weighted by Crippen LogP contribution is 2.25. The van der Waals surface area contributed by atoms with Gasteiger partial charge in [0.25, 0.3) is 5.91 Å². The maximum atomic E-state index is 12.7. The van der Waals surface area contributed by atoms with E-state index in [9.17, 15) is 4.79 Å². The first kappa shape index (κ1) is 22.2. The number of aromatic nitrogens is 1. The molecule has 1 heterocycles. The molecule has 0 spiro atoms. The standard InChI is InChI=1S/C24H25IN2O3/c1-15(2)29-17(4)23-13-12-22(16(3)26-23)24(28)27-19-8-10-20(11-9-19)30-21-7-5-6-18(25)14-21/h5-15,17H,1-4H3,(H,27,28). The van der Waals surface area contributed by atoms with Gasteiger partial charge in [-0.3, -0.25) is 9.78 Å². The fourth-order valence-corrected chi connectivity index (χ4v) is 3.51. The van der Waals surface area contributed by atoms with Crippen LogP contribution in [0.4, 0.5) is 5.69 Å².